The fourth-order valence-electron chi connectivity index (χ4n) is 6.20. The average Bonchev–Trinajstić information content (AvgIpc) is 4.05. The number of fused-ring (bicyclic) bond motifs is 1. The molecule has 5 aromatic rings. The van der Waals surface area contributed by atoms with Crippen molar-refractivity contribution in [2.24, 2.45) is 5.92 Å². The monoisotopic (exact) mass is 673 g/mol. The topological polar surface area (TPSA) is 157 Å². The van der Waals surface area contributed by atoms with Crippen LogP contribution in [0.1, 0.15) is 59.4 Å². The van der Waals surface area contributed by atoms with Crippen LogP contribution in [-0.4, -0.2) is 71.8 Å². The lowest BCUT2D eigenvalue weighted by molar-refractivity contribution is -0.125. The highest BCUT2D eigenvalue weighted by molar-refractivity contribution is 6.13. The molecule has 1 aromatic carbocycles. The van der Waals surface area contributed by atoms with Gasteiger partial charge in [0, 0.05) is 42.2 Å². The Balaban J connectivity index is 0.926. The summed E-state index contributed by atoms with van der Waals surface area (Å²) < 4.78 is 13.6. The SMILES string of the molecule is Cc1ccnc([C@H]2CC2C(=O)Nc2cc(OCc3cn4cc(C5CC5)cc(N5CC(=O)N(CCOCc6ccccc6)C5=O)c4n3)ncn2)n1. The van der Waals surface area contributed by atoms with E-state index < -0.39 is 6.03 Å². The number of hydrogen-bond acceptors (Lipinski definition) is 10. The third-order valence-corrected chi connectivity index (χ3v) is 9.10. The first-order valence-corrected chi connectivity index (χ1v) is 16.7. The predicted octanol–water partition coefficient (Wildman–Crippen LogP) is 4.41. The maximum absolute atomic E-state index is 13.6. The van der Waals surface area contributed by atoms with Gasteiger partial charge in [-0.25, -0.2) is 29.7 Å². The molecule has 8 rings (SSSR count). The largest absolute Gasteiger partial charge is 0.471 e. The second kappa shape index (κ2) is 13.3. The first kappa shape index (κ1) is 31.5. The van der Waals surface area contributed by atoms with Gasteiger partial charge in [-0.05, 0) is 55.4 Å². The lowest BCUT2D eigenvalue weighted by atomic mass is 10.1. The van der Waals surface area contributed by atoms with Crippen molar-refractivity contribution in [3.8, 4) is 5.88 Å². The highest BCUT2D eigenvalue weighted by Gasteiger charge is 2.46. The van der Waals surface area contributed by atoms with E-state index in [9.17, 15) is 14.4 Å². The lowest BCUT2D eigenvalue weighted by Crippen LogP contribution is -2.35. The third kappa shape index (κ3) is 6.74. The lowest BCUT2D eigenvalue weighted by Gasteiger charge is -2.18. The number of urea groups is 1. The number of carbonyl (C=O) groups excluding carboxylic acids is 3. The number of anilines is 2. The van der Waals surface area contributed by atoms with Crippen molar-refractivity contribution in [1.29, 1.82) is 0 Å². The van der Waals surface area contributed by atoms with Gasteiger partial charge in [-0.3, -0.25) is 19.4 Å². The minimum atomic E-state index is -0.395. The second-order valence-electron chi connectivity index (χ2n) is 12.9. The summed E-state index contributed by atoms with van der Waals surface area (Å²) in [6.45, 7) is 2.71. The van der Waals surface area contributed by atoms with Gasteiger partial charge in [-0.1, -0.05) is 30.3 Å². The summed E-state index contributed by atoms with van der Waals surface area (Å²) in [5.41, 5.74) is 4.70. The van der Waals surface area contributed by atoms with Crippen molar-refractivity contribution in [2.45, 2.75) is 51.2 Å². The molecular formula is C36H35N9O5. The molecule has 1 N–H and O–H groups in total. The highest BCUT2D eigenvalue weighted by atomic mass is 16.5. The number of imidazole rings is 1. The average molecular weight is 674 g/mol. The number of ether oxygens (including phenoxy) is 2. The maximum atomic E-state index is 13.6. The summed E-state index contributed by atoms with van der Waals surface area (Å²) >= 11 is 0. The van der Waals surface area contributed by atoms with Crippen molar-refractivity contribution in [1.82, 2.24) is 34.2 Å². The van der Waals surface area contributed by atoms with Crippen molar-refractivity contribution in [2.75, 3.05) is 29.9 Å². The van der Waals surface area contributed by atoms with Crippen LogP contribution in [0.5, 0.6) is 5.88 Å². The number of aromatic nitrogens is 6. The molecule has 1 saturated heterocycles. The molecule has 1 aliphatic heterocycles. The summed E-state index contributed by atoms with van der Waals surface area (Å²) in [6, 6.07) is 14.7. The molecule has 4 aromatic heterocycles. The normalized spacial score (nSPS) is 18.6. The van der Waals surface area contributed by atoms with Crippen LogP contribution in [0.15, 0.2) is 73.4 Å². The van der Waals surface area contributed by atoms with E-state index in [1.54, 1.807) is 12.3 Å². The Morgan fingerprint density at radius 1 is 1.00 bits per heavy atom. The Morgan fingerprint density at radius 3 is 2.68 bits per heavy atom. The first-order chi connectivity index (χ1) is 24.4. The molecule has 0 radical (unpaired) electrons. The van der Waals surface area contributed by atoms with Gasteiger partial charge in [0.2, 0.25) is 11.8 Å². The molecule has 2 aliphatic carbocycles. The summed E-state index contributed by atoms with van der Waals surface area (Å²) in [7, 11) is 0. The van der Waals surface area contributed by atoms with Crippen LogP contribution in [0, 0.1) is 12.8 Å². The van der Waals surface area contributed by atoms with Gasteiger partial charge in [0.15, 0.2) is 5.65 Å². The van der Waals surface area contributed by atoms with Gasteiger partial charge in [0.1, 0.15) is 31.1 Å². The molecular weight excluding hydrogens is 638 g/mol. The van der Waals surface area contributed by atoms with Crippen LogP contribution in [0.2, 0.25) is 0 Å². The van der Waals surface area contributed by atoms with Crippen LogP contribution in [0.4, 0.5) is 16.3 Å². The second-order valence-corrected chi connectivity index (χ2v) is 12.9. The zero-order valence-electron chi connectivity index (χ0n) is 27.4. The molecule has 0 spiro atoms. The van der Waals surface area contributed by atoms with E-state index in [0.29, 0.717) is 47.6 Å². The number of nitrogens with zero attached hydrogens (tertiary/aromatic N) is 8. The number of nitrogens with one attached hydrogen (secondary N) is 1. The van der Waals surface area contributed by atoms with E-state index in [-0.39, 0.29) is 55.8 Å². The quantitative estimate of drug-likeness (QED) is 0.140. The Kier molecular flexibility index (Phi) is 8.36. The number of amides is 4. The Hall–Kier alpha value is -5.76. The predicted molar refractivity (Wildman–Crippen MR) is 180 cm³/mol. The molecule has 4 amide bonds. The number of imide groups is 1. The van der Waals surface area contributed by atoms with E-state index in [4.69, 9.17) is 14.5 Å². The molecule has 5 heterocycles. The minimum Gasteiger partial charge on any atom is -0.471 e. The molecule has 2 atom stereocenters. The Labute approximate surface area is 287 Å². The van der Waals surface area contributed by atoms with Crippen LogP contribution >= 0.6 is 0 Å². The number of rotatable bonds is 13. The van der Waals surface area contributed by atoms with Gasteiger partial charge < -0.3 is 19.2 Å². The maximum Gasteiger partial charge on any atom is 0.331 e. The van der Waals surface area contributed by atoms with E-state index in [1.807, 2.05) is 66.2 Å². The molecule has 254 valence electrons. The molecule has 0 bridgehead atoms. The number of hydrogen-bond donors (Lipinski definition) is 1. The first-order valence-electron chi connectivity index (χ1n) is 16.7. The fourth-order valence-corrected chi connectivity index (χ4v) is 6.20. The van der Waals surface area contributed by atoms with Crippen LogP contribution in [-0.2, 0) is 27.5 Å². The highest BCUT2D eigenvalue weighted by Crippen LogP contribution is 2.46. The van der Waals surface area contributed by atoms with E-state index >= 15 is 0 Å². The van der Waals surface area contributed by atoms with Gasteiger partial charge in [-0.15, -0.1) is 0 Å². The summed E-state index contributed by atoms with van der Waals surface area (Å²) in [5, 5.41) is 2.85. The van der Waals surface area contributed by atoms with Crippen LogP contribution < -0.4 is 15.0 Å². The standard InChI is InChI=1S/C36H35N9O5/c1-22-9-10-37-33(40-22)27-14-28(27)35(47)42-30-15-31(39-21-38-30)50-20-26-17-43-16-25(24-7-8-24)13-29(34(43)41-26)45-18-32(46)44(36(45)48)11-12-49-19-23-5-3-2-4-6-23/h2-6,9-10,13,15-17,21,24,27-28H,7-8,11-12,14,18-20H2,1H3,(H,38,39,42,47)/t27-,28?/m0/s1. The summed E-state index contributed by atoms with van der Waals surface area (Å²) in [4.78, 5) is 64.2. The molecule has 14 heteroatoms. The van der Waals surface area contributed by atoms with Crippen molar-refractivity contribution >= 4 is 35.0 Å². The molecule has 50 heavy (non-hydrogen) atoms. The van der Waals surface area contributed by atoms with Crippen LogP contribution in [0.3, 0.4) is 0 Å². The number of pyridine rings is 1. The number of carbonyl (C=O) groups is 3. The molecule has 2 saturated carbocycles. The van der Waals surface area contributed by atoms with Gasteiger partial charge in [0.25, 0.3) is 5.91 Å². The molecule has 14 nitrogen and oxygen atoms in total. The van der Waals surface area contributed by atoms with E-state index in [0.717, 1.165) is 29.7 Å². The number of aryl methyl sites for hydroxylation is 1. The molecule has 1 unspecified atom stereocenters. The van der Waals surface area contributed by atoms with Crippen molar-refractivity contribution in [3.63, 3.8) is 0 Å². The fraction of sp³-hybridized carbons (Fsp3) is 0.333. The van der Waals surface area contributed by atoms with Crippen molar-refractivity contribution < 1.29 is 23.9 Å². The van der Waals surface area contributed by atoms with E-state index in [2.05, 4.69) is 25.3 Å². The zero-order valence-corrected chi connectivity index (χ0v) is 27.4. The van der Waals surface area contributed by atoms with Gasteiger partial charge in [0.05, 0.1) is 31.1 Å². The van der Waals surface area contributed by atoms with Gasteiger partial charge in [-0.2, -0.15) is 0 Å². The third-order valence-electron chi connectivity index (χ3n) is 9.10. The summed E-state index contributed by atoms with van der Waals surface area (Å²) in [5.74, 6) is 1.01. The van der Waals surface area contributed by atoms with Crippen LogP contribution in [0.25, 0.3) is 5.65 Å². The minimum absolute atomic E-state index is 0.0104. The Bertz CT molecular complexity index is 2080. The van der Waals surface area contributed by atoms with E-state index in [1.165, 1.54) is 16.1 Å². The van der Waals surface area contributed by atoms with Crippen molar-refractivity contribution in [3.05, 3.63) is 102 Å². The number of benzene rings is 1. The summed E-state index contributed by atoms with van der Waals surface area (Å²) in [6.07, 6.45) is 9.74. The molecule has 3 fully saturated rings. The Morgan fingerprint density at radius 2 is 1.86 bits per heavy atom. The smallest absolute Gasteiger partial charge is 0.331 e. The molecule has 3 aliphatic rings. The van der Waals surface area contributed by atoms with Gasteiger partial charge >= 0.3 is 6.03 Å². The zero-order chi connectivity index (χ0) is 34.2.